The van der Waals surface area contributed by atoms with Gasteiger partial charge in [0.05, 0.1) is 6.20 Å². The van der Waals surface area contributed by atoms with Crippen LogP contribution in [0.4, 0.5) is 10.1 Å². The van der Waals surface area contributed by atoms with E-state index in [-0.39, 0.29) is 5.82 Å². The Bertz CT molecular complexity index is 592. The van der Waals surface area contributed by atoms with Crippen molar-refractivity contribution in [2.24, 2.45) is 7.05 Å². The summed E-state index contributed by atoms with van der Waals surface area (Å²) in [7, 11) is 3.87. The predicted octanol–water partition coefficient (Wildman–Crippen LogP) is 2.69. The van der Waals surface area contributed by atoms with Crippen LogP contribution in [-0.4, -0.2) is 22.9 Å². The van der Waals surface area contributed by atoms with Gasteiger partial charge in [0.2, 0.25) is 0 Å². The van der Waals surface area contributed by atoms with Crippen molar-refractivity contribution in [1.82, 2.24) is 15.1 Å². The molecule has 1 heterocycles. The van der Waals surface area contributed by atoms with E-state index in [0.29, 0.717) is 24.7 Å². The highest BCUT2D eigenvalue weighted by Crippen LogP contribution is 2.23. The molecule has 0 unspecified atom stereocenters. The van der Waals surface area contributed by atoms with Crippen LogP contribution in [0.3, 0.4) is 0 Å². The van der Waals surface area contributed by atoms with Crippen molar-refractivity contribution in [1.29, 1.82) is 0 Å². The molecule has 4 nitrogen and oxygen atoms in total. The Balaban J connectivity index is 2.19. The first-order valence-electron chi connectivity index (χ1n) is 7.17. The highest BCUT2D eigenvalue weighted by atomic mass is 19.1. The molecule has 1 aromatic carbocycles. The second-order valence-electron chi connectivity index (χ2n) is 5.65. The molecular weight excluding hydrogens is 267 g/mol. The number of hydrogen-bond donors (Lipinski definition) is 1. The minimum atomic E-state index is -0.168. The molecule has 0 saturated heterocycles. The van der Waals surface area contributed by atoms with E-state index in [1.165, 1.54) is 6.07 Å². The molecule has 1 N–H and O–H groups in total. The van der Waals surface area contributed by atoms with E-state index in [2.05, 4.69) is 29.2 Å². The van der Waals surface area contributed by atoms with Crippen molar-refractivity contribution >= 4 is 5.69 Å². The molecule has 0 spiro atoms. The van der Waals surface area contributed by atoms with Crippen LogP contribution >= 0.6 is 0 Å². The van der Waals surface area contributed by atoms with E-state index in [1.54, 1.807) is 10.7 Å². The van der Waals surface area contributed by atoms with Gasteiger partial charge in [0, 0.05) is 56.2 Å². The summed E-state index contributed by atoms with van der Waals surface area (Å²) in [6.45, 7) is 5.34. The molecular formula is C16H23FN4. The molecule has 1 aromatic heterocycles. The number of benzene rings is 1. The Kier molecular flexibility index (Phi) is 4.96. The van der Waals surface area contributed by atoms with Crippen LogP contribution < -0.4 is 10.2 Å². The molecule has 0 atom stereocenters. The molecule has 0 amide bonds. The van der Waals surface area contributed by atoms with Gasteiger partial charge >= 0.3 is 0 Å². The molecule has 0 aliphatic carbocycles. The smallest absolute Gasteiger partial charge is 0.129 e. The Morgan fingerprint density at radius 1 is 1.38 bits per heavy atom. The number of aromatic nitrogens is 2. The number of halogens is 1. The summed E-state index contributed by atoms with van der Waals surface area (Å²) in [4.78, 5) is 2.05. The van der Waals surface area contributed by atoms with Crippen molar-refractivity contribution in [3.05, 3.63) is 47.5 Å². The van der Waals surface area contributed by atoms with Crippen molar-refractivity contribution < 1.29 is 4.39 Å². The zero-order chi connectivity index (χ0) is 15.4. The maximum atomic E-state index is 14.1. The molecule has 0 fully saturated rings. The molecule has 5 heteroatoms. The Hall–Kier alpha value is -1.88. The van der Waals surface area contributed by atoms with E-state index >= 15 is 0 Å². The number of nitrogens with one attached hydrogen (secondary N) is 1. The van der Waals surface area contributed by atoms with Gasteiger partial charge in [-0.15, -0.1) is 0 Å². The highest BCUT2D eigenvalue weighted by molar-refractivity contribution is 5.54. The summed E-state index contributed by atoms with van der Waals surface area (Å²) in [5, 5.41) is 7.45. The maximum absolute atomic E-state index is 14.1. The summed E-state index contributed by atoms with van der Waals surface area (Å²) >= 11 is 0. The third kappa shape index (κ3) is 4.04. The minimum Gasteiger partial charge on any atom is -0.370 e. The third-order valence-electron chi connectivity index (χ3n) is 3.37. The summed E-state index contributed by atoms with van der Waals surface area (Å²) in [6, 6.07) is 5.54. The molecule has 21 heavy (non-hydrogen) atoms. The molecule has 0 radical (unpaired) electrons. The van der Waals surface area contributed by atoms with Crippen LogP contribution in [0.2, 0.25) is 0 Å². The molecule has 0 saturated carbocycles. The first-order valence-corrected chi connectivity index (χ1v) is 7.17. The van der Waals surface area contributed by atoms with E-state index < -0.39 is 0 Å². The lowest BCUT2D eigenvalue weighted by atomic mass is 10.1. The van der Waals surface area contributed by atoms with Crippen LogP contribution in [0.25, 0.3) is 0 Å². The largest absolute Gasteiger partial charge is 0.370 e. The van der Waals surface area contributed by atoms with Crippen LogP contribution in [-0.2, 0) is 20.1 Å². The van der Waals surface area contributed by atoms with Crippen molar-refractivity contribution in [3.8, 4) is 0 Å². The van der Waals surface area contributed by atoms with Gasteiger partial charge in [0.1, 0.15) is 5.82 Å². The lowest BCUT2D eigenvalue weighted by molar-refractivity contribution is 0.552. The maximum Gasteiger partial charge on any atom is 0.129 e. The first kappa shape index (κ1) is 15.5. The molecule has 0 aliphatic rings. The third-order valence-corrected chi connectivity index (χ3v) is 3.37. The predicted molar refractivity (Wildman–Crippen MR) is 83.7 cm³/mol. The average Bonchev–Trinajstić information content (AvgIpc) is 2.82. The van der Waals surface area contributed by atoms with Gasteiger partial charge in [-0.1, -0.05) is 19.9 Å². The Labute approximate surface area is 125 Å². The summed E-state index contributed by atoms with van der Waals surface area (Å²) in [5.74, 6) is -0.168. The van der Waals surface area contributed by atoms with Gasteiger partial charge in [-0.05, 0) is 12.1 Å². The summed E-state index contributed by atoms with van der Waals surface area (Å²) in [6.07, 6.45) is 3.81. The SMILES string of the molecule is CC(C)NCc1c(F)cccc1N(C)Cc1cnn(C)c1. The minimum absolute atomic E-state index is 0.168. The summed E-state index contributed by atoms with van der Waals surface area (Å²) < 4.78 is 15.9. The monoisotopic (exact) mass is 290 g/mol. The lowest BCUT2D eigenvalue weighted by Gasteiger charge is -2.23. The Morgan fingerprint density at radius 2 is 2.14 bits per heavy atom. The number of aryl methyl sites for hydroxylation is 1. The van der Waals surface area contributed by atoms with Gasteiger partial charge in [-0.25, -0.2) is 4.39 Å². The fourth-order valence-corrected chi connectivity index (χ4v) is 2.30. The number of hydrogen-bond acceptors (Lipinski definition) is 3. The van der Waals surface area contributed by atoms with E-state index in [0.717, 1.165) is 11.3 Å². The van der Waals surface area contributed by atoms with Crippen LogP contribution in [0.15, 0.2) is 30.6 Å². The van der Waals surface area contributed by atoms with E-state index in [9.17, 15) is 4.39 Å². The van der Waals surface area contributed by atoms with Crippen LogP contribution in [0, 0.1) is 5.82 Å². The average molecular weight is 290 g/mol. The zero-order valence-corrected chi connectivity index (χ0v) is 13.1. The number of anilines is 1. The summed E-state index contributed by atoms with van der Waals surface area (Å²) in [5.41, 5.74) is 2.72. The van der Waals surface area contributed by atoms with Gasteiger partial charge in [0.25, 0.3) is 0 Å². The van der Waals surface area contributed by atoms with E-state index in [1.807, 2.05) is 32.6 Å². The molecule has 2 aromatic rings. The second-order valence-corrected chi connectivity index (χ2v) is 5.65. The van der Waals surface area contributed by atoms with Crippen LogP contribution in [0.1, 0.15) is 25.0 Å². The quantitative estimate of drug-likeness (QED) is 0.888. The second kappa shape index (κ2) is 6.72. The fourth-order valence-electron chi connectivity index (χ4n) is 2.30. The fraction of sp³-hybridized carbons (Fsp3) is 0.438. The molecule has 0 bridgehead atoms. The molecule has 0 aliphatic heterocycles. The first-order chi connectivity index (χ1) is 9.97. The van der Waals surface area contributed by atoms with Crippen molar-refractivity contribution in [2.45, 2.75) is 33.0 Å². The van der Waals surface area contributed by atoms with Gasteiger partial charge in [-0.2, -0.15) is 5.10 Å². The molecule has 114 valence electrons. The topological polar surface area (TPSA) is 33.1 Å². The zero-order valence-electron chi connectivity index (χ0n) is 13.1. The highest BCUT2D eigenvalue weighted by Gasteiger charge is 2.13. The Morgan fingerprint density at radius 3 is 2.76 bits per heavy atom. The molecule has 2 rings (SSSR count). The van der Waals surface area contributed by atoms with Crippen molar-refractivity contribution in [3.63, 3.8) is 0 Å². The standard InChI is InChI=1S/C16H23FN4/c1-12(2)18-9-14-15(17)6-5-7-16(14)20(3)10-13-8-19-21(4)11-13/h5-8,11-12,18H,9-10H2,1-4H3. The number of rotatable bonds is 6. The van der Waals surface area contributed by atoms with Gasteiger partial charge in [0.15, 0.2) is 0 Å². The van der Waals surface area contributed by atoms with Gasteiger partial charge < -0.3 is 10.2 Å². The van der Waals surface area contributed by atoms with E-state index in [4.69, 9.17) is 0 Å². The van der Waals surface area contributed by atoms with Gasteiger partial charge in [-0.3, -0.25) is 4.68 Å². The number of nitrogens with zero attached hydrogens (tertiary/aromatic N) is 3. The van der Waals surface area contributed by atoms with Crippen molar-refractivity contribution in [2.75, 3.05) is 11.9 Å². The lowest BCUT2D eigenvalue weighted by Crippen LogP contribution is -2.25. The normalized spacial score (nSPS) is 11.1. The van der Waals surface area contributed by atoms with Crippen LogP contribution in [0.5, 0.6) is 0 Å².